The van der Waals surface area contributed by atoms with Gasteiger partial charge in [0.05, 0.1) is 0 Å². The fraction of sp³-hybridized carbons (Fsp3) is 1.00. The van der Waals surface area contributed by atoms with E-state index in [1.807, 2.05) is 0 Å². The molecule has 19 heavy (non-hydrogen) atoms. The van der Waals surface area contributed by atoms with E-state index in [1.165, 1.54) is 90.0 Å². The molecular weight excluding hydrogens is 230 g/mol. The molecule has 1 nitrogen and oxygen atoms in total. The molecule has 1 aliphatic rings. The summed E-state index contributed by atoms with van der Waals surface area (Å²) in [7, 11) is 0. The third kappa shape index (κ3) is 8.68. The molecule has 0 spiro atoms. The minimum atomic E-state index is 0.826. The second-order valence-electron chi connectivity index (χ2n) is 6.59. The van der Waals surface area contributed by atoms with E-state index in [0.29, 0.717) is 0 Å². The molecule has 0 bridgehead atoms. The maximum atomic E-state index is 3.76. The number of hydrogen-bond acceptors (Lipinski definition) is 1. The minimum Gasteiger partial charge on any atom is -0.314 e. The van der Waals surface area contributed by atoms with Gasteiger partial charge in [0.1, 0.15) is 0 Å². The van der Waals surface area contributed by atoms with Gasteiger partial charge in [0, 0.05) is 6.04 Å². The lowest BCUT2D eigenvalue weighted by Gasteiger charge is -2.21. The van der Waals surface area contributed by atoms with E-state index >= 15 is 0 Å². The van der Waals surface area contributed by atoms with E-state index in [9.17, 15) is 0 Å². The van der Waals surface area contributed by atoms with Gasteiger partial charge >= 0.3 is 0 Å². The van der Waals surface area contributed by atoms with Crippen LogP contribution in [0.2, 0.25) is 0 Å². The summed E-state index contributed by atoms with van der Waals surface area (Å²) in [4.78, 5) is 0. The van der Waals surface area contributed by atoms with Gasteiger partial charge in [0.15, 0.2) is 0 Å². The van der Waals surface area contributed by atoms with Crippen molar-refractivity contribution in [3.8, 4) is 0 Å². The molecule has 0 aromatic carbocycles. The molecule has 1 fully saturated rings. The van der Waals surface area contributed by atoms with Gasteiger partial charge in [-0.15, -0.1) is 0 Å². The van der Waals surface area contributed by atoms with Crippen molar-refractivity contribution < 1.29 is 0 Å². The predicted molar refractivity (Wildman–Crippen MR) is 86.6 cm³/mol. The first-order valence-electron chi connectivity index (χ1n) is 9.10. The van der Waals surface area contributed by atoms with Gasteiger partial charge in [0.2, 0.25) is 0 Å². The monoisotopic (exact) mass is 267 g/mol. The van der Waals surface area contributed by atoms with Gasteiger partial charge < -0.3 is 5.32 Å². The van der Waals surface area contributed by atoms with Crippen molar-refractivity contribution in [1.82, 2.24) is 5.32 Å². The van der Waals surface area contributed by atoms with Crippen LogP contribution in [0.5, 0.6) is 0 Å². The molecular formula is C18H37N. The van der Waals surface area contributed by atoms with Crippen molar-refractivity contribution in [2.24, 2.45) is 5.92 Å². The average Bonchev–Trinajstić information content (AvgIpc) is 2.65. The highest BCUT2D eigenvalue weighted by atomic mass is 14.9. The molecule has 0 amide bonds. The molecule has 0 aromatic rings. The fourth-order valence-electron chi connectivity index (χ4n) is 3.47. The van der Waals surface area contributed by atoms with Gasteiger partial charge in [-0.25, -0.2) is 0 Å². The Hall–Kier alpha value is -0.0400. The first-order chi connectivity index (χ1) is 9.36. The second kappa shape index (κ2) is 11.8. The molecule has 0 aliphatic heterocycles. The Balaban J connectivity index is 2.09. The fourth-order valence-corrected chi connectivity index (χ4v) is 3.47. The Morgan fingerprint density at radius 3 is 2.37 bits per heavy atom. The van der Waals surface area contributed by atoms with Crippen molar-refractivity contribution >= 4 is 0 Å². The van der Waals surface area contributed by atoms with Crippen LogP contribution < -0.4 is 5.32 Å². The van der Waals surface area contributed by atoms with Crippen molar-refractivity contribution in [1.29, 1.82) is 0 Å². The molecule has 114 valence electrons. The average molecular weight is 268 g/mol. The molecule has 2 atom stereocenters. The highest BCUT2D eigenvalue weighted by Crippen LogP contribution is 2.27. The smallest absolute Gasteiger partial charge is 0.00696 e. The van der Waals surface area contributed by atoms with Crippen LogP contribution in [0.3, 0.4) is 0 Å². The summed E-state index contributed by atoms with van der Waals surface area (Å²) in [6.45, 7) is 5.79. The van der Waals surface area contributed by atoms with E-state index < -0.39 is 0 Å². The lowest BCUT2D eigenvalue weighted by atomic mass is 9.92. The molecule has 2 unspecified atom stereocenters. The second-order valence-corrected chi connectivity index (χ2v) is 6.59. The Morgan fingerprint density at radius 1 is 0.842 bits per heavy atom. The zero-order chi connectivity index (χ0) is 13.8. The van der Waals surface area contributed by atoms with Crippen LogP contribution in [0, 0.1) is 5.92 Å². The summed E-state index contributed by atoms with van der Waals surface area (Å²) >= 11 is 0. The lowest BCUT2D eigenvalue weighted by Crippen LogP contribution is -2.30. The van der Waals surface area contributed by atoms with E-state index in [2.05, 4.69) is 19.2 Å². The molecule has 1 aliphatic carbocycles. The Morgan fingerprint density at radius 2 is 1.58 bits per heavy atom. The van der Waals surface area contributed by atoms with E-state index in [1.54, 1.807) is 0 Å². The van der Waals surface area contributed by atoms with Crippen LogP contribution in [0.25, 0.3) is 0 Å². The Bertz CT molecular complexity index is 190. The van der Waals surface area contributed by atoms with Gasteiger partial charge in [-0.1, -0.05) is 78.1 Å². The van der Waals surface area contributed by atoms with Crippen molar-refractivity contribution in [2.45, 2.75) is 103 Å². The van der Waals surface area contributed by atoms with Crippen LogP contribution in [0.4, 0.5) is 0 Å². The zero-order valence-corrected chi connectivity index (χ0v) is 13.6. The highest BCUT2D eigenvalue weighted by Gasteiger charge is 2.19. The zero-order valence-electron chi connectivity index (χ0n) is 13.6. The SMILES string of the molecule is CCCCCCCCC1CCCCC(NCCC)C1. The van der Waals surface area contributed by atoms with Crippen LogP contribution >= 0.6 is 0 Å². The minimum absolute atomic E-state index is 0.826. The lowest BCUT2D eigenvalue weighted by molar-refractivity contribution is 0.356. The van der Waals surface area contributed by atoms with E-state index in [0.717, 1.165) is 12.0 Å². The summed E-state index contributed by atoms with van der Waals surface area (Å²) < 4.78 is 0. The molecule has 0 heterocycles. The first-order valence-corrected chi connectivity index (χ1v) is 9.10. The van der Waals surface area contributed by atoms with Gasteiger partial charge in [-0.3, -0.25) is 0 Å². The van der Waals surface area contributed by atoms with Crippen molar-refractivity contribution in [3.63, 3.8) is 0 Å². The van der Waals surface area contributed by atoms with Gasteiger partial charge in [-0.2, -0.15) is 0 Å². The standard InChI is InChI=1S/C18H37N/c1-3-5-6-7-8-9-12-17-13-10-11-14-18(16-17)19-15-4-2/h17-19H,3-16H2,1-2H3. The number of nitrogens with one attached hydrogen (secondary N) is 1. The molecule has 1 heteroatoms. The van der Waals surface area contributed by atoms with E-state index in [-0.39, 0.29) is 0 Å². The molecule has 0 saturated heterocycles. The highest BCUT2D eigenvalue weighted by molar-refractivity contribution is 4.76. The summed E-state index contributed by atoms with van der Waals surface area (Å²) in [6.07, 6.45) is 18.8. The van der Waals surface area contributed by atoms with Crippen LogP contribution in [-0.4, -0.2) is 12.6 Å². The molecule has 1 rings (SSSR count). The molecule has 1 N–H and O–H groups in total. The Kier molecular flexibility index (Phi) is 10.5. The van der Waals surface area contributed by atoms with Gasteiger partial charge in [0.25, 0.3) is 0 Å². The molecule has 1 saturated carbocycles. The number of hydrogen-bond donors (Lipinski definition) is 1. The normalized spacial score (nSPS) is 24.3. The molecule has 0 aromatic heterocycles. The third-order valence-electron chi connectivity index (χ3n) is 4.68. The van der Waals surface area contributed by atoms with Crippen molar-refractivity contribution in [2.75, 3.05) is 6.54 Å². The van der Waals surface area contributed by atoms with Crippen LogP contribution in [0.15, 0.2) is 0 Å². The summed E-state index contributed by atoms with van der Waals surface area (Å²) in [5.41, 5.74) is 0. The molecule has 0 radical (unpaired) electrons. The predicted octanol–water partition coefficient (Wildman–Crippen LogP) is 5.69. The van der Waals surface area contributed by atoms with Crippen molar-refractivity contribution in [3.05, 3.63) is 0 Å². The summed E-state index contributed by atoms with van der Waals surface area (Å²) in [6, 6.07) is 0.826. The quantitative estimate of drug-likeness (QED) is 0.396. The summed E-state index contributed by atoms with van der Waals surface area (Å²) in [5.74, 6) is 1.02. The summed E-state index contributed by atoms with van der Waals surface area (Å²) in [5, 5.41) is 3.76. The Labute approximate surface area is 121 Å². The third-order valence-corrected chi connectivity index (χ3v) is 4.68. The number of rotatable bonds is 10. The van der Waals surface area contributed by atoms with E-state index in [4.69, 9.17) is 0 Å². The largest absolute Gasteiger partial charge is 0.314 e. The first kappa shape index (κ1) is 17.0. The van der Waals surface area contributed by atoms with Gasteiger partial charge in [-0.05, 0) is 31.7 Å². The topological polar surface area (TPSA) is 12.0 Å². The number of unbranched alkanes of at least 4 members (excludes halogenated alkanes) is 5. The van der Waals surface area contributed by atoms with Crippen LogP contribution in [0.1, 0.15) is 97.3 Å². The van der Waals surface area contributed by atoms with Crippen LogP contribution in [-0.2, 0) is 0 Å². The maximum absolute atomic E-state index is 3.76. The maximum Gasteiger partial charge on any atom is 0.00696 e.